The summed E-state index contributed by atoms with van der Waals surface area (Å²) in [4.78, 5) is 0. The summed E-state index contributed by atoms with van der Waals surface area (Å²) in [5.41, 5.74) is -0.858. The summed E-state index contributed by atoms with van der Waals surface area (Å²) in [7, 11) is -3.38. The highest BCUT2D eigenvalue weighted by Crippen LogP contribution is 2.26. The number of sulfonamides is 1. The van der Waals surface area contributed by atoms with Crippen LogP contribution >= 0.6 is 11.8 Å². The molecule has 0 amide bonds. The largest absolute Gasteiger partial charge is 0.228 e. The molecule has 3 nitrogen and oxygen atoms in total. The molecule has 0 aromatic carbocycles. The van der Waals surface area contributed by atoms with Crippen LogP contribution in [0.4, 0.5) is 0 Å². The Balaban J connectivity index is 4.83. The van der Waals surface area contributed by atoms with Gasteiger partial charge in [-0.15, -0.1) is 3.82 Å². The van der Waals surface area contributed by atoms with Crippen LogP contribution in [0.25, 0.3) is 0 Å². The van der Waals surface area contributed by atoms with Gasteiger partial charge in [-0.2, -0.15) is 0 Å². The summed E-state index contributed by atoms with van der Waals surface area (Å²) in [6, 6.07) is 0. The van der Waals surface area contributed by atoms with Crippen LogP contribution in [-0.4, -0.2) is 23.5 Å². The summed E-state index contributed by atoms with van der Waals surface area (Å²) in [6.07, 6.45) is 0. The summed E-state index contributed by atoms with van der Waals surface area (Å²) in [6.45, 7) is 10.9. The van der Waals surface area contributed by atoms with Crippen LogP contribution in [0.2, 0.25) is 0 Å². The summed E-state index contributed by atoms with van der Waals surface area (Å²) in [5, 5.41) is 0. The average Bonchev–Trinajstić information content (AvgIpc) is 1.78. The molecule has 5 heteroatoms. The summed E-state index contributed by atoms with van der Waals surface area (Å²) in [5.74, 6) is 0.0563. The monoisotopic (exact) mass is 241 g/mol. The van der Waals surface area contributed by atoms with Crippen molar-refractivity contribution in [2.75, 3.05) is 5.75 Å². The van der Waals surface area contributed by atoms with Crippen molar-refractivity contribution in [1.29, 1.82) is 0 Å². The molecule has 0 unspecified atom stereocenters. The van der Waals surface area contributed by atoms with Crippen molar-refractivity contribution < 1.29 is 8.42 Å². The highest BCUT2D eigenvalue weighted by molar-refractivity contribution is 7.90. The fraction of sp³-hybridized carbons (Fsp3) is 1.00. The highest BCUT2D eigenvalue weighted by atomic mass is 35.5. The van der Waals surface area contributed by atoms with E-state index in [9.17, 15) is 8.42 Å². The molecule has 0 saturated carbocycles. The zero-order chi connectivity index (χ0) is 11.8. The Labute approximate surface area is 92.6 Å². The van der Waals surface area contributed by atoms with E-state index in [1.807, 2.05) is 20.8 Å². The Kier molecular flexibility index (Phi) is 4.04. The fourth-order valence-electron chi connectivity index (χ4n) is 1.02. The Morgan fingerprint density at radius 3 is 1.64 bits per heavy atom. The van der Waals surface area contributed by atoms with Crippen LogP contribution in [0.3, 0.4) is 0 Å². The average molecular weight is 242 g/mol. The second kappa shape index (κ2) is 3.99. The van der Waals surface area contributed by atoms with Crippen LogP contribution in [0.1, 0.15) is 41.5 Å². The maximum atomic E-state index is 11.8. The molecule has 0 aliphatic rings. The molecule has 0 aliphatic carbocycles. The molecule has 86 valence electrons. The molecular formula is C9H20ClNO2S. The summed E-state index contributed by atoms with van der Waals surface area (Å²) >= 11 is 5.80. The van der Waals surface area contributed by atoms with E-state index in [2.05, 4.69) is 0 Å². The maximum absolute atomic E-state index is 11.8. The van der Waals surface area contributed by atoms with Gasteiger partial charge in [0.25, 0.3) is 0 Å². The molecule has 14 heavy (non-hydrogen) atoms. The molecule has 0 aromatic heterocycles. The Hall–Kier alpha value is 0.200. The molecule has 0 spiro atoms. The molecule has 0 atom stereocenters. The molecule has 0 heterocycles. The first kappa shape index (κ1) is 14.2. The lowest BCUT2D eigenvalue weighted by Crippen LogP contribution is -2.42. The minimum absolute atomic E-state index is 0.0563. The minimum atomic E-state index is -3.38. The fourth-order valence-corrected chi connectivity index (χ4v) is 3.21. The van der Waals surface area contributed by atoms with Crippen LogP contribution in [0.15, 0.2) is 0 Å². The maximum Gasteiger partial charge on any atom is 0.228 e. The van der Waals surface area contributed by atoms with E-state index in [1.54, 1.807) is 20.8 Å². The number of halogens is 1. The van der Waals surface area contributed by atoms with E-state index in [4.69, 9.17) is 11.8 Å². The number of rotatable bonds is 2. The minimum Gasteiger partial charge on any atom is -0.211 e. The zero-order valence-corrected chi connectivity index (χ0v) is 11.3. The van der Waals surface area contributed by atoms with Crippen molar-refractivity contribution in [2.24, 2.45) is 5.41 Å². The van der Waals surface area contributed by atoms with Gasteiger partial charge in [-0.05, 0) is 38.0 Å². The quantitative estimate of drug-likeness (QED) is 0.697. The third kappa shape index (κ3) is 4.62. The van der Waals surface area contributed by atoms with Crippen molar-refractivity contribution in [3.63, 3.8) is 0 Å². The smallest absolute Gasteiger partial charge is 0.211 e. The number of hydrogen-bond donors (Lipinski definition) is 0. The second-order valence-electron chi connectivity index (χ2n) is 5.70. The van der Waals surface area contributed by atoms with Crippen molar-refractivity contribution >= 4 is 21.8 Å². The second-order valence-corrected chi connectivity index (χ2v) is 8.06. The topological polar surface area (TPSA) is 37.4 Å². The zero-order valence-electron chi connectivity index (χ0n) is 9.76. The van der Waals surface area contributed by atoms with Gasteiger partial charge in [-0.1, -0.05) is 20.8 Å². The van der Waals surface area contributed by atoms with Gasteiger partial charge in [0.1, 0.15) is 0 Å². The van der Waals surface area contributed by atoms with Crippen LogP contribution < -0.4 is 0 Å². The van der Waals surface area contributed by atoms with E-state index in [0.29, 0.717) is 0 Å². The van der Waals surface area contributed by atoms with E-state index in [-0.39, 0.29) is 11.2 Å². The Morgan fingerprint density at radius 1 is 1.07 bits per heavy atom. The molecule has 0 rings (SSSR count). The highest BCUT2D eigenvalue weighted by Gasteiger charge is 2.34. The van der Waals surface area contributed by atoms with Crippen molar-refractivity contribution in [3.05, 3.63) is 0 Å². The van der Waals surface area contributed by atoms with Crippen molar-refractivity contribution in [1.82, 2.24) is 3.82 Å². The molecule has 0 N–H and O–H groups in total. The third-order valence-corrected chi connectivity index (χ3v) is 4.79. The van der Waals surface area contributed by atoms with Gasteiger partial charge in [0.05, 0.1) is 5.75 Å². The van der Waals surface area contributed by atoms with Gasteiger partial charge in [-0.25, -0.2) is 8.42 Å². The van der Waals surface area contributed by atoms with Gasteiger partial charge in [0, 0.05) is 5.54 Å². The lowest BCUT2D eigenvalue weighted by Gasteiger charge is -2.30. The number of hydrogen-bond acceptors (Lipinski definition) is 2. The molecule has 0 bridgehead atoms. The van der Waals surface area contributed by atoms with E-state index in [0.717, 1.165) is 3.82 Å². The normalized spacial score (nSPS) is 14.9. The SMILES string of the molecule is CC(C)(C)CS(=O)(=O)N(Cl)C(C)(C)C. The van der Waals surface area contributed by atoms with Crippen LogP contribution in [-0.2, 0) is 10.0 Å². The lowest BCUT2D eigenvalue weighted by molar-refractivity contribution is 0.358. The summed E-state index contributed by atoms with van der Waals surface area (Å²) < 4.78 is 24.5. The first-order valence-corrected chi connectivity index (χ1v) is 6.50. The van der Waals surface area contributed by atoms with Crippen molar-refractivity contribution in [2.45, 2.75) is 47.1 Å². The molecule has 0 fully saturated rings. The van der Waals surface area contributed by atoms with Gasteiger partial charge >= 0.3 is 0 Å². The van der Waals surface area contributed by atoms with Crippen LogP contribution in [0.5, 0.6) is 0 Å². The van der Waals surface area contributed by atoms with Gasteiger partial charge in [0.15, 0.2) is 0 Å². The molecular weight excluding hydrogens is 222 g/mol. The number of nitrogens with zero attached hydrogens (tertiary/aromatic N) is 1. The predicted molar refractivity (Wildman–Crippen MR) is 60.7 cm³/mol. The third-order valence-electron chi connectivity index (χ3n) is 1.39. The van der Waals surface area contributed by atoms with Crippen molar-refractivity contribution in [3.8, 4) is 0 Å². The first-order chi connectivity index (χ1) is 5.86. The van der Waals surface area contributed by atoms with Crippen LogP contribution in [0, 0.1) is 5.41 Å². The van der Waals surface area contributed by atoms with E-state index >= 15 is 0 Å². The predicted octanol–water partition coefficient (Wildman–Crippen LogP) is 2.62. The molecule has 0 aliphatic heterocycles. The molecule has 0 aromatic rings. The molecule has 0 saturated heterocycles. The van der Waals surface area contributed by atoms with Gasteiger partial charge < -0.3 is 0 Å². The Morgan fingerprint density at radius 2 is 1.43 bits per heavy atom. The first-order valence-electron chi connectivity index (χ1n) is 4.55. The standard InChI is InChI=1S/C9H20ClNO2S/c1-8(2,3)7-14(12,13)11(10)9(4,5)6/h7H2,1-6H3. The van der Waals surface area contributed by atoms with E-state index < -0.39 is 15.6 Å². The molecule has 0 radical (unpaired) electrons. The Bertz CT molecular complexity index is 285. The van der Waals surface area contributed by atoms with Gasteiger partial charge in [-0.3, -0.25) is 0 Å². The lowest BCUT2D eigenvalue weighted by atomic mass is 10.0. The van der Waals surface area contributed by atoms with Gasteiger partial charge in [0.2, 0.25) is 10.0 Å². The van der Waals surface area contributed by atoms with E-state index in [1.165, 1.54) is 0 Å².